The first kappa shape index (κ1) is 14.0. The first-order valence-corrected chi connectivity index (χ1v) is 5.52. The standard InChI is InChI=1S/C13H15FN2O2/c1-9(2)16(8-13(17)18-3)12-5-10(7-15)4-11(14)6-12/h4-6,9H,8H2,1-3H3. The smallest absolute Gasteiger partial charge is 0.325 e. The van der Waals surface area contributed by atoms with Gasteiger partial charge in [-0.25, -0.2) is 4.39 Å². The summed E-state index contributed by atoms with van der Waals surface area (Å²) < 4.78 is 18.0. The monoisotopic (exact) mass is 250 g/mol. The summed E-state index contributed by atoms with van der Waals surface area (Å²) in [6.45, 7) is 3.77. The van der Waals surface area contributed by atoms with Crippen molar-refractivity contribution < 1.29 is 13.9 Å². The zero-order chi connectivity index (χ0) is 13.7. The number of carbonyl (C=O) groups excluding carboxylic acids is 1. The number of esters is 1. The average molecular weight is 250 g/mol. The third-order valence-corrected chi connectivity index (χ3v) is 2.49. The van der Waals surface area contributed by atoms with E-state index in [0.29, 0.717) is 5.69 Å². The van der Waals surface area contributed by atoms with Crippen LogP contribution < -0.4 is 4.90 Å². The van der Waals surface area contributed by atoms with Gasteiger partial charge in [-0.2, -0.15) is 5.26 Å². The van der Waals surface area contributed by atoms with Gasteiger partial charge in [-0.3, -0.25) is 4.79 Å². The number of hydrogen-bond donors (Lipinski definition) is 0. The lowest BCUT2D eigenvalue weighted by Crippen LogP contribution is -2.36. The number of hydrogen-bond acceptors (Lipinski definition) is 4. The van der Waals surface area contributed by atoms with Gasteiger partial charge in [0.05, 0.1) is 18.7 Å². The van der Waals surface area contributed by atoms with E-state index in [1.807, 2.05) is 19.9 Å². The lowest BCUT2D eigenvalue weighted by Gasteiger charge is -2.27. The van der Waals surface area contributed by atoms with Gasteiger partial charge in [-0.1, -0.05) is 0 Å². The highest BCUT2D eigenvalue weighted by molar-refractivity contribution is 5.76. The number of halogens is 1. The molecular weight excluding hydrogens is 235 g/mol. The summed E-state index contributed by atoms with van der Waals surface area (Å²) in [6, 6.07) is 5.87. The van der Waals surface area contributed by atoms with Crippen LogP contribution >= 0.6 is 0 Å². The molecule has 0 aliphatic heterocycles. The summed E-state index contributed by atoms with van der Waals surface area (Å²) in [5.74, 6) is -0.911. The molecule has 96 valence electrons. The number of methoxy groups -OCH3 is 1. The molecule has 0 aliphatic rings. The fourth-order valence-corrected chi connectivity index (χ4v) is 1.58. The van der Waals surface area contributed by atoms with Crippen molar-refractivity contribution in [3.8, 4) is 6.07 Å². The highest BCUT2D eigenvalue weighted by Gasteiger charge is 2.16. The number of ether oxygens (including phenoxy) is 1. The maximum Gasteiger partial charge on any atom is 0.325 e. The van der Waals surface area contributed by atoms with Crippen molar-refractivity contribution >= 4 is 11.7 Å². The summed E-state index contributed by atoms with van der Waals surface area (Å²) in [7, 11) is 1.30. The highest BCUT2D eigenvalue weighted by Crippen LogP contribution is 2.20. The average Bonchev–Trinajstić information content (AvgIpc) is 2.34. The second-order valence-corrected chi connectivity index (χ2v) is 4.11. The predicted molar refractivity (Wildman–Crippen MR) is 65.6 cm³/mol. The first-order valence-electron chi connectivity index (χ1n) is 5.52. The fourth-order valence-electron chi connectivity index (χ4n) is 1.58. The van der Waals surface area contributed by atoms with Crippen molar-refractivity contribution in [3.63, 3.8) is 0 Å². The van der Waals surface area contributed by atoms with Gasteiger partial charge in [-0.05, 0) is 32.0 Å². The van der Waals surface area contributed by atoms with Gasteiger partial charge in [0.25, 0.3) is 0 Å². The van der Waals surface area contributed by atoms with Crippen molar-refractivity contribution in [2.45, 2.75) is 19.9 Å². The quantitative estimate of drug-likeness (QED) is 0.768. The molecule has 0 aliphatic carbocycles. The van der Waals surface area contributed by atoms with Crippen LogP contribution in [0.2, 0.25) is 0 Å². The minimum atomic E-state index is -0.500. The third kappa shape index (κ3) is 3.45. The summed E-state index contributed by atoms with van der Waals surface area (Å²) >= 11 is 0. The largest absolute Gasteiger partial charge is 0.468 e. The molecule has 0 saturated carbocycles. The Morgan fingerprint density at radius 3 is 2.67 bits per heavy atom. The van der Waals surface area contributed by atoms with Gasteiger partial charge < -0.3 is 9.64 Å². The van der Waals surface area contributed by atoms with Crippen molar-refractivity contribution in [2.24, 2.45) is 0 Å². The fraction of sp³-hybridized carbons (Fsp3) is 0.385. The summed E-state index contributed by atoms with van der Waals surface area (Å²) in [6.07, 6.45) is 0. The van der Waals surface area contributed by atoms with E-state index in [1.54, 1.807) is 11.0 Å². The summed E-state index contributed by atoms with van der Waals surface area (Å²) in [4.78, 5) is 13.0. The molecule has 0 amide bonds. The highest BCUT2D eigenvalue weighted by atomic mass is 19.1. The Morgan fingerprint density at radius 1 is 1.50 bits per heavy atom. The van der Waals surface area contributed by atoms with E-state index in [0.717, 1.165) is 6.07 Å². The van der Waals surface area contributed by atoms with Crippen LogP contribution in [-0.4, -0.2) is 25.7 Å². The SMILES string of the molecule is COC(=O)CN(c1cc(F)cc(C#N)c1)C(C)C. The molecule has 0 saturated heterocycles. The van der Waals surface area contributed by atoms with Gasteiger partial charge in [0.1, 0.15) is 12.4 Å². The normalized spacial score (nSPS) is 10.0. The van der Waals surface area contributed by atoms with Gasteiger partial charge in [0.2, 0.25) is 0 Å². The van der Waals surface area contributed by atoms with E-state index in [4.69, 9.17) is 5.26 Å². The minimum Gasteiger partial charge on any atom is -0.468 e. The zero-order valence-electron chi connectivity index (χ0n) is 10.6. The Kier molecular flexibility index (Phi) is 4.67. The molecular formula is C13H15FN2O2. The topological polar surface area (TPSA) is 53.3 Å². The van der Waals surface area contributed by atoms with Crippen LogP contribution in [0.4, 0.5) is 10.1 Å². The molecule has 0 aromatic heterocycles. The Morgan fingerprint density at radius 2 is 2.17 bits per heavy atom. The number of nitriles is 1. The molecule has 18 heavy (non-hydrogen) atoms. The van der Waals surface area contributed by atoms with Crippen LogP contribution in [0.25, 0.3) is 0 Å². The van der Waals surface area contributed by atoms with Crippen molar-refractivity contribution in [3.05, 3.63) is 29.6 Å². The Labute approximate surface area is 106 Å². The van der Waals surface area contributed by atoms with E-state index in [-0.39, 0.29) is 18.2 Å². The van der Waals surface area contributed by atoms with E-state index >= 15 is 0 Å². The minimum absolute atomic E-state index is 0.0163. The van der Waals surface area contributed by atoms with Gasteiger partial charge in [-0.15, -0.1) is 0 Å². The molecule has 0 atom stereocenters. The van der Waals surface area contributed by atoms with Crippen LogP contribution in [0.5, 0.6) is 0 Å². The maximum atomic E-state index is 13.4. The number of benzene rings is 1. The molecule has 1 rings (SSSR count). The van der Waals surface area contributed by atoms with E-state index in [9.17, 15) is 9.18 Å². The number of anilines is 1. The molecule has 0 radical (unpaired) electrons. The Balaban J connectivity index is 3.10. The molecule has 1 aromatic carbocycles. The van der Waals surface area contributed by atoms with Crippen molar-refractivity contribution in [2.75, 3.05) is 18.6 Å². The molecule has 0 fully saturated rings. The molecule has 0 bridgehead atoms. The van der Waals surface area contributed by atoms with Gasteiger partial charge in [0.15, 0.2) is 0 Å². The molecule has 0 N–H and O–H groups in total. The molecule has 0 heterocycles. The Hall–Kier alpha value is -2.09. The molecule has 5 heteroatoms. The lowest BCUT2D eigenvalue weighted by molar-refractivity contribution is -0.139. The maximum absolute atomic E-state index is 13.4. The Bertz CT molecular complexity index is 480. The van der Waals surface area contributed by atoms with Crippen molar-refractivity contribution in [1.29, 1.82) is 5.26 Å². The van der Waals surface area contributed by atoms with Crippen LogP contribution in [-0.2, 0) is 9.53 Å². The second kappa shape index (κ2) is 6.01. The van der Waals surface area contributed by atoms with Gasteiger partial charge in [0, 0.05) is 11.7 Å². The second-order valence-electron chi connectivity index (χ2n) is 4.11. The number of nitrogens with zero attached hydrogens (tertiary/aromatic N) is 2. The number of carbonyl (C=O) groups is 1. The first-order chi connectivity index (χ1) is 8.47. The number of rotatable bonds is 4. The summed E-state index contributed by atoms with van der Waals surface area (Å²) in [5, 5.41) is 8.81. The van der Waals surface area contributed by atoms with Crippen LogP contribution in [0, 0.1) is 17.1 Å². The molecule has 1 aromatic rings. The van der Waals surface area contributed by atoms with E-state index in [1.165, 1.54) is 13.2 Å². The predicted octanol–water partition coefficient (Wildman–Crippen LogP) is 2.09. The third-order valence-electron chi connectivity index (χ3n) is 2.49. The van der Waals surface area contributed by atoms with Crippen LogP contribution in [0.3, 0.4) is 0 Å². The van der Waals surface area contributed by atoms with Crippen molar-refractivity contribution in [1.82, 2.24) is 0 Å². The van der Waals surface area contributed by atoms with Gasteiger partial charge >= 0.3 is 5.97 Å². The summed E-state index contributed by atoms with van der Waals surface area (Å²) in [5.41, 5.74) is 0.715. The van der Waals surface area contributed by atoms with E-state index < -0.39 is 11.8 Å². The van der Waals surface area contributed by atoms with E-state index in [2.05, 4.69) is 4.74 Å². The molecule has 4 nitrogen and oxygen atoms in total. The molecule has 0 spiro atoms. The zero-order valence-corrected chi connectivity index (χ0v) is 10.6. The van der Waals surface area contributed by atoms with Crippen LogP contribution in [0.1, 0.15) is 19.4 Å². The molecule has 0 unspecified atom stereocenters. The van der Waals surface area contributed by atoms with Crippen LogP contribution in [0.15, 0.2) is 18.2 Å². The lowest BCUT2D eigenvalue weighted by atomic mass is 10.1.